The molecule has 4 atom stereocenters. The predicted octanol–water partition coefficient (Wildman–Crippen LogP) is 0.534. The monoisotopic (exact) mass is 379 g/mol. The molecule has 144 valence electrons. The van der Waals surface area contributed by atoms with Gasteiger partial charge in [-0.1, -0.05) is 38.5 Å². The summed E-state index contributed by atoms with van der Waals surface area (Å²) in [4.78, 5) is 20.9. The Morgan fingerprint density at radius 3 is 2.20 bits per heavy atom. The second kappa shape index (κ2) is 9.09. The first kappa shape index (κ1) is 20.3. The van der Waals surface area contributed by atoms with E-state index in [4.69, 9.17) is 20.3 Å². The number of hydrogen-bond acceptors (Lipinski definition) is 7. The maximum Gasteiger partial charge on any atom is 0.469 e. The van der Waals surface area contributed by atoms with Crippen molar-refractivity contribution in [3.63, 3.8) is 0 Å². The number of aromatic nitrogens is 2. The van der Waals surface area contributed by atoms with Gasteiger partial charge in [-0.25, -0.2) is 9.55 Å². The lowest BCUT2D eigenvalue weighted by molar-refractivity contribution is -0.0510. The molecule has 1 aromatic heterocycles. The molecule has 0 unspecified atom stereocenters. The van der Waals surface area contributed by atoms with E-state index in [1.54, 1.807) is 0 Å². The largest absolute Gasteiger partial charge is 0.469 e. The Labute approximate surface area is 145 Å². The van der Waals surface area contributed by atoms with Gasteiger partial charge in [0.25, 0.3) is 0 Å². The highest BCUT2D eigenvalue weighted by Crippen LogP contribution is 2.38. The number of anilines is 1. The Hall–Kier alpha value is -1.00. The van der Waals surface area contributed by atoms with Crippen molar-refractivity contribution in [1.82, 2.24) is 9.55 Å². The summed E-state index contributed by atoms with van der Waals surface area (Å²) in [5, 5.41) is 19.6. The van der Waals surface area contributed by atoms with Gasteiger partial charge in [-0.15, -0.1) is 0 Å². The lowest BCUT2D eigenvalue weighted by Gasteiger charge is -2.17. The van der Waals surface area contributed by atoms with Gasteiger partial charge in [0.15, 0.2) is 6.23 Å². The van der Waals surface area contributed by atoms with E-state index >= 15 is 0 Å². The molecule has 1 aliphatic heterocycles. The van der Waals surface area contributed by atoms with Gasteiger partial charge in [-0.2, -0.15) is 0 Å². The molecule has 2 heterocycles. The van der Waals surface area contributed by atoms with Crippen molar-refractivity contribution in [1.29, 1.82) is 0 Å². The van der Waals surface area contributed by atoms with E-state index in [0.29, 0.717) is 0 Å². The van der Waals surface area contributed by atoms with Gasteiger partial charge in [0.1, 0.15) is 24.1 Å². The van der Waals surface area contributed by atoms with Gasteiger partial charge in [0, 0.05) is 0 Å². The number of rotatable bonds is 4. The average molecular weight is 379 g/mol. The molecule has 11 heteroatoms. The zero-order valence-electron chi connectivity index (χ0n) is 13.8. The van der Waals surface area contributed by atoms with E-state index in [0.717, 1.165) is 0 Å². The van der Waals surface area contributed by atoms with Gasteiger partial charge < -0.3 is 30.5 Å². The molecule has 1 aromatic rings. The molecular formula is C14H26N3O7P. The standard InChI is InChI=1S/C8H14N3O7P.C6H12/c9-5-1-10-3-11(5)8-7(13)6(12)4(18-8)2-17-19(14,15)16;1-2-4-6-5-3-1/h1,3-4,6-8,12-13H,2,9H2,(H2,14,15,16);1-6H2/t4-,6-,7-,8-;/m1./s1. The third kappa shape index (κ3) is 6.03. The number of hydrogen-bond donors (Lipinski definition) is 5. The summed E-state index contributed by atoms with van der Waals surface area (Å²) in [6.45, 7) is -0.562. The number of phosphoric acid groups is 1. The van der Waals surface area contributed by atoms with Gasteiger partial charge in [0.05, 0.1) is 19.1 Å². The maximum atomic E-state index is 10.6. The second-order valence-electron chi connectivity index (χ2n) is 6.18. The van der Waals surface area contributed by atoms with Crippen LogP contribution in [-0.4, -0.2) is 54.5 Å². The highest BCUT2D eigenvalue weighted by Gasteiger charge is 2.44. The van der Waals surface area contributed by atoms with Crippen molar-refractivity contribution in [2.75, 3.05) is 12.3 Å². The normalized spacial score (nSPS) is 29.9. The minimum absolute atomic E-state index is 0.216. The van der Waals surface area contributed by atoms with Crippen LogP contribution in [-0.2, 0) is 13.8 Å². The van der Waals surface area contributed by atoms with Crippen LogP contribution >= 0.6 is 7.82 Å². The first-order chi connectivity index (χ1) is 11.8. The van der Waals surface area contributed by atoms with Crippen molar-refractivity contribution >= 4 is 13.6 Å². The Morgan fingerprint density at radius 1 is 1.20 bits per heavy atom. The topological polar surface area (TPSA) is 160 Å². The zero-order chi connectivity index (χ0) is 18.4. The summed E-state index contributed by atoms with van der Waals surface area (Å²) in [5.41, 5.74) is 5.59. The van der Waals surface area contributed by atoms with Gasteiger partial charge in [-0.3, -0.25) is 9.09 Å². The van der Waals surface area contributed by atoms with E-state index in [-0.39, 0.29) is 5.82 Å². The van der Waals surface area contributed by atoms with Crippen LogP contribution in [0.5, 0.6) is 0 Å². The smallest absolute Gasteiger partial charge is 0.387 e. The van der Waals surface area contributed by atoms with Crippen LogP contribution in [0.1, 0.15) is 44.8 Å². The molecule has 3 rings (SSSR count). The van der Waals surface area contributed by atoms with E-state index in [2.05, 4.69) is 9.51 Å². The summed E-state index contributed by atoms with van der Waals surface area (Å²) < 4.78 is 21.4. The molecule has 25 heavy (non-hydrogen) atoms. The van der Waals surface area contributed by atoms with Crippen molar-refractivity contribution in [3.8, 4) is 0 Å². The number of imidazole rings is 1. The SMILES string of the molecule is C1CCCCC1.Nc1cncn1[C@@H]1O[C@H](COP(=O)(O)O)[C@@H](O)[C@H]1O. The van der Waals surface area contributed by atoms with Crippen molar-refractivity contribution < 1.29 is 33.8 Å². The van der Waals surface area contributed by atoms with Crippen LogP contribution in [0.15, 0.2) is 12.5 Å². The molecule has 2 fully saturated rings. The molecule has 2 aliphatic rings. The molecule has 0 radical (unpaired) electrons. The van der Waals surface area contributed by atoms with Crippen LogP contribution in [0.25, 0.3) is 0 Å². The number of nitrogens with zero attached hydrogens (tertiary/aromatic N) is 2. The third-order valence-electron chi connectivity index (χ3n) is 4.21. The molecule has 1 saturated carbocycles. The Balaban J connectivity index is 0.000000316. The van der Waals surface area contributed by atoms with Crippen LogP contribution in [0.3, 0.4) is 0 Å². The van der Waals surface area contributed by atoms with Gasteiger partial charge >= 0.3 is 7.82 Å². The fraction of sp³-hybridized carbons (Fsp3) is 0.786. The number of ether oxygens (including phenoxy) is 1. The van der Waals surface area contributed by atoms with Crippen LogP contribution < -0.4 is 5.73 Å². The van der Waals surface area contributed by atoms with Gasteiger partial charge in [0.2, 0.25) is 0 Å². The minimum atomic E-state index is -4.67. The second-order valence-corrected chi connectivity index (χ2v) is 7.42. The number of nitrogens with two attached hydrogens (primary N) is 1. The summed E-state index contributed by atoms with van der Waals surface area (Å²) >= 11 is 0. The lowest BCUT2D eigenvalue weighted by Crippen LogP contribution is -2.33. The molecule has 0 bridgehead atoms. The fourth-order valence-electron chi connectivity index (χ4n) is 2.86. The Bertz CT molecular complexity index is 563. The van der Waals surface area contributed by atoms with Crippen LogP contribution in [0.2, 0.25) is 0 Å². The Morgan fingerprint density at radius 2 is 1.76 bits per heavy atom. The molecular weight excluding hydrogens is 353 g/mol. The molecule has 0 spiro atoms. The number of phosphoric ester groups is 1. The number of aliphatic hydroxyl groups is 2. The van der Waals surface area contributed by atoms with Gasteiger partial charge in [-0.05, 0) is 0 Å². The van der Waals surface area contributed by atoms with E-state index in [9.17, 15) is 14.8 Å². The highest BCUT2D eigenvalue weighted by atomic mass is 31.2. The summed E-state index contributed by atoms with van der Waals surface area (Å²) in [6.07, 6.45) is 6.88. The molecule has 0 amide bonds. The Kier molecular flexibility index (Phi) is 7.38. The first-order valence-corrected chi connectivity index (χ1v) is 9.81. The zero-order valence-corrected chi connectivity index (χ0v) is 14.7. The lowest BCUT2D eigenvalue weighted by atomic mass is 10.0. The molecule has 10 nitrogen and oxygen atoms in total. The molecule has 0 aromatic carbocycles. The van der Waals surface area contributed by atoms with Crippen molar-refractivity contribution in [3.05, 3.63) is 12.5 Å². The van der Waals surface area contributed by atoms with E-state index < -0.39 is 39.0 Å². The van der Waals surface area contributed by atoms with Crippen molar-refractivity contribution in [2.24, 2.45) is 0 Å². The fourth-order valence-corrected chi connectivity index (χ4v) is 3.20. The molecule has 6 N–H and O–H groups in total. The third-order valence-corrected chi connectivity index (χ3v) is 4.70. The predicted molar refractivity (Wildman–Crippen MR) is 88.3 cm³/mol. The van der Waals surface area contributed by atoms with Crippen molar-refractivity contribution in [2.45, 2.75) is 63.1 Å². The number of aliphatic hydroxyl groups excluding tert-OH is 2. The number of nitrogen functional groups attached to an aromatic ring is 1. The molecule has 1 saturated heterocycles. The summed E-state index contributed by atoms with van der Waals surface area (Å²) in [6, 6.07) is 0. The van der Waals surface area contributed by atoms with Crippen LogP contribution in [0, 0.1) is 0 Å². The van der Waals surface area contributed by atoms with Crippen LogP contribution in [0.4, 0.5) is 5.82 Å². The van der Waals surface area contributed by atoms with E-state index in [1.165, 1.54) is 55.6 Å². The van der Waals surface area contributed by atoms with E-state index in [1.807, 2.05) is 0 Å². The summed E-state index contributed by atoms with van der Waals surface area (Å²) in [7, 11) is -4.67. The maximum absolute atomic E-state index is 10.6. The average Bonchev–Trinajstić information content (AvgIpc) is 3.12. The quantitative estimate of drug-likeness (QED) is 0.470. The summed E-state index contributed by atoms with van der Waals surface area (Å²) in [5.74, 6) is 0.216. The molecule has 1 aliphatic carbocycles. The minimum Gasteiger partial charge on any atom is -0.387 e. The highest BCUT2D eigenvalue weighted by molar-refractivity contribution is 7.46. The first-order valence-electron chi connectivity index (χ1n) is 8.28.